The predicted molar refractivity (Wildman–Crippen MR) is 66.1 cm³/mol. The molecule has 1 aromatic rings. The SMILES string of the molecule is CCCN(CC(N)c1cccc(F)c1)CC(F)(F)F. The maximum atomic E-state index is 13.0. The number of nitrogens with two attached hydrogens (primary N) is 1. The van der Waals surface area contributed by atoms with Crippen LogP contribution in [0, 0.1) is 5.82 Å². The van der Waals surface area contributed by atoms with E-state index in [2.05, 4.69) is 0 Å². The van der Waals surface area contributed by atoms with Crippen LogP contribution < -0.4 is 5.73 Å². The normalized spacial score (nSPS) is 13.8. The van der Waals surface area contributed by atoms with Crippen molar-refractivity contribution in [3.8, 4) is 0 Å². The molecule has 6 heteroatoms. The average molecular weight is 278 g/mol. The highest BCUT2D eigenvalue weighted by Gasteiger charge is 2.31. The fraction of sp³-hybridized carbons (Fsp3) is 0.538. The van der Waals surface area contributed by atoms with Crippen LogP contribution in [-0.2, 0) is 0 Å². The summed E-state index contributed by atoms with van der Waals surface area (Å²) in [6, 6.07) is 5.01. The number of hydrogen-bond acceptors (Lipinski definition) is 2. The van der Waals surface area contributed by atoms with Crippen molar-refractivity contribution in [3.63, 3.8) is 0 Å². The van der Waals surface area contributed by atoms with Gasteiger partial charge < -0.3 is 5.73 Å². The molecule has 0 bridgehead atoms. The standard InChI is InChI=1S/C13H18F4N2/c1-2-6-19(9-13(15,16)17)8-12(18)10-4-3-5-11(14)7-10/h3-5,7,12H,2,6,8-9,18H2,1H3. The minimum atomic E-state index is -4.25. The van der Waals surface area contributed by atoms with Gasteiger partial charge in [0, 0.05) is 12.6 Å². The number of halogens is 4. The summed E-state index contributed by atoms with van der Waals surface area (Å²) in [6.07, 6.45) is -3.65. The maximum absolute atomic E-state index is 13.0. The van der Waals surface area contributed by atoms with E-state index in [-0.39, 0.29) is 6.54 Å². The first-order valence-corrected chi connectivity index (χ1v) is 6.12. The molecule has 1 aromatic carbocycles. The molecular formula is C13H18F4N2. The molecule has 0 aliphatic heterocycles. The minimum Gasteiger partial charge on any atom is -0.323 e. The Labute approximate surface area is 110 Å². The Bertz CT molecular complexity index is 392. The molecule has 0 heterocycles. The first-order chi connectivity index (χ1) is 8.81. The Kier molecular flexibility index (Phi) is 5.75. The molecule has 19 heavy (non-hydrogen) atoms. The van der Waals surface area contributed by atoms with Crippen molar-refractivity contribution in [2.24, 2.45) is 5.73 Å². The van der Waals surface area contributed by atoms with E-state index >= 15 is 0 Å². The van der Waals surface area contributed by atoms with Gasteiger partial charge in [0.15, 0.2) is 0 Å². The molecule has 1 atom stereocenters. The van der Waals surface area contributed by atoms with Gasteiger partial charge in [-0.15, -0.1) is 0 Å². The van der Waals surface area contributed by atoms with Gasteiger partial charge in [-0.3, -0.25) is 4.90 Å². The summed E-state index contributed by atoms with van der Waals surface area (Å²) in [6.45, 7) is 1.17. The lowest BCUT2D eigenvalue weighted by Gasteiger charge is -2.26. The van der Waals surface area contributed by atoms with Crippen molar-refractivity contribution in [2.75, 3.05) is 19.6 Å². The van der Waals surface area contributed by atoms with Gasteiger partial charge in [-0.2, -0.15) is 13.2 Å². The lowest BCUT2D eigenvalue weighted by atomic mass is 10.1. The van der Waals surface area contributed by atoms with Crippen LogP contribution in [0.3, 0.4) is 0 Å². The molecule has 1 unspecified atom stereocenters. The van der Waals surface area contributed by atoms with Crippen molar-refractivity contribution in [3.05, 3.63) is 35.6 Å². The van der Waals surface area contributed by atoms with Crippen LogP contribution in [0.1, 0.15) is 24.9 Å². The molecule has 2 nitrogen and oxygen atoms in total. The van der Waals surface area contributed by atoms with E-state index in [0.717, 1.165) is 0 Å². The Morgan fingerprint density at radius 2 is 2.00 bits per heavy atom. The quantitative estimate of drug-likeness (QED) is 0.810. The van der Waals surface area contributed by atoms with Crippen molar-refractivity contribution < 1.29 is 17.6 Å². The number of benzene rings is 1. The molecule has 0 saturated carbocycles. The smallest absolute Gasteiger partial charge is 0.323 e. The highest BCUT2D eigenvalue weighted by atomic mass is 19.4. The molecular weight excluding hydrogens is 260 g/mol. The van der Waals surface area contributed by atoms with Crippen LogP contribution >= 0.6 is 0 Å². The summed E-state index contributed by atoms with van der Waals surface area (Å²) in [4.78, 5) is 1.25. The lowest BCUT2D eigenvalue weighted by molar-refractivity contribution is -0.146. The summed E-state index contributed by atoms with van der Waals surface area (Å²) >= 11 is 0. The Morgan fingerprint density at radius 3 is 2.53 bits per heavy atom. The molecule has 0 radical (unpaired) electrons. The third kappa shape index (κ3) is 6.02. The summed E-state index contributed by atoms with van der Waals surface area (Å²) in [7, 11) is 0. The third-order valence-electron chi connectivity index (χ3n) is 2.67. The fourth-order valence-electron chi connectivity index (χ4n) is 1.93. The molecule has 0 spiro atoms. The highest BCUT2D eigenvalue weighted by molar-refractivity contribution is 5.20. The van der Waals surface area contributed by atoms with E-state index in [1.807, 2.05) is 0 Å². The van der Waals surface area contributed by atoms with Crippen molar-refractivity contribution in [2.45, 2.75) is 25.6 Å². The zero-order valence-electron chi connectivity index (χ0n) is 10.8. The van der Waals surface area contributed by atoms with E-state index in [1.54, 1.807) is 13.0 Å². The van der Waals surface area contributed by atoms with Gasteiger partial charge in [-0.05, 0) is 30.7 Å². The van der Waals surface area contributed by atoms with Gasteiger partial charge in [-0.25, -0.2) is 4.39 Å². The van der Waals surface area contributed by atoms with Crippen molar-refractivity contribution in [1.29, 1.82) is 0 Å². The first kappa shape index (κ1) is 15.9. The number of hydrogen-bond donors (Lipinski definition) is 1. The molecule has 0 saturated heterocycles. The number of rotatable bonds is 6. The number of nitrogens with zero attached hydrogens (tertiary/aromatic N) is 1. The topological polar surface area (TPSA) is 29.3 Å². The largest absolute Gasteiger partial charge is 0.401 e. The predicted octanol–water partition coefficient (Wildman–Crippen LogP) is 3.10. The van der Waals surface area contributed by atoms with Gasteiger partial charge >= 0.3 is 6.18 Å². The van der Waals surface area contributed by atoms with Gasteiger partial charge in [0.25, 0.3) is 0 Å². The van der Waals surface area contributed by atoms with Crippen LogP contribution in [0.2, 0.25) is 0 Å². The first-order valence-electron chi connectivity index (χ1n) is 6.12. The third-order valence-corrected chi connectivity index (χ3v) is 2.67. The van der Waals surface area contributed by atoms with Crippen LogP contribution in [0.15, 0.2) is 24.3 Å². The average Bonchev–Trinajstić information content (AvgIpc) is 2.27. The van der Waals surface area contributed by atoms with Crippen LogP contribution in [0.25, 0.3) is 0 Å². The Balaban J connectivity index is 2.68. The van der Waals surface area contributed by atoms with Crippen LogP contribution in [-0.4, -0.2) is 30.7 Å². The summed E-state index contributed by atoms with van der Waals surface area (Å²) < 4.78 is 50.2. The molecule has 0 aromatic heterocycles. The van der Waals surface area contributed by atoms with Crippen molar-refractivity contribution in [1.82, 2.24) is 4.90 Å². The zero-order chi connectivity index (χ0) is 14.5. The second kappa shape index (κ2) is 6.86. The molecule has 0 aliphatic carbocycles. The van der Waals surface area contributed by atoms with E-state index in [4.69, 9.17) is 5.73 Å². The van der Waals surface area contributed by atoms with Crippen LogP contribution in [0.4, 0.5) is 17.6 Å². The Morgan fingerprint density at radius 1 is 1.32 bits per heavy atom. The molecule has 1 rings (SSSR count). The maximum Gasteiger partial charge on any atom is 0.401 e. The monoisotopic (exact) mass is 278 g/mol. The molecule has 0 fully saturated rings. The van der Waals surface area contributed by atoms with E-state index in [0.29, 0.717) is 18.5 Å². The van der Waals surface area contributed by atoms with E-state index < -0.39 is 24.6 Å². The van der Waals surface area contributed by atoms with Crippen molar-refractivity contribution >= 4 is 0 Å². The second-order valence-corrected chi connectivity index (χ2v) is 4.51. The van der Waals surface area contributed by atoms with Crippen LogP contribution in [0.5, 0.6) is 0 Å². The van der Waals surface area contributed by atoms with Gasteiger partial charge in [0.05, 0.1) is 6.54 Å². The summed E-state index contributed by atoms with van der Waals surface area (Å²) in [5.41, 5.74) is 6.34. The molecule has 0 aliphatic rings. The summed E-state index contributed by atoms with van der Waals surface area (Å²) in [5, 5.41) is 0. The lowest BCUT2D eigenvalue weighted by Crippen LogP contribution is -2.39. The fourth-order valence-corrected chi connectivity index (χ4v) is 1.93. The van der Waals surface area contributed by atoms with Gasteiger partial charge in [-0.1, -0.05) is 19.1 Å². The molecule has 0 amide bonds. The molecule has 2 N–H and O–H groups in total. The van der Waals surface area contributed by atoms with E-state index in [9.17, 15) is 17.6 Å². The minimum absolute atomic E-state index is 0.0524. The molecule has 108 valence electrons. The van der Waals surface area contributed by atoms with Gasteiger partial charge in [0.1, 0.15) is 5.82 Å². The zero-order valence-corrected chi connectivity index (χ0v) is 10.8. The second-order valence-electron chi connectivity index (χ2n) is 4.51. The highest BCUT2D eigenvalue weighted by Crippen LogP contribution is 2.19. The Hall–Kier alpha value is -1.14. The van der Waals surface area contributed by atoms with E-state index in [1.165, 1.54) is 23.1 Å². The van der Waals surface area contributed by atoms with Gasteiger partial charge in [0.2, 0.25) is 0 Å². The number of alkyl halides is 3. The summed E-state index contributed by atoms with van der Waals surface area (Å²) in [5.74, 6) is -0.439.